The molecule has 2 nitrogen and oxygen atoms in total. The molecule has 2 heteroatoms. The molecule has 1 heterocycles. The lowest BCUT2D eigenvalue weighted by Crippen LogP contribution is -2.14. The van der Waals surface area contributed by atoms with Gasteiger partial charge in [0.1, 0.15) is 5.75 Å². The van der Waals surface area contributed by atoms with Gasteiger partial charge in [-0.15, -0.1) is 0 Å². The van der Waals surface area contributed by atoms with Crippen LogP contribution in [-0.2, 0) is 11.8 Å². The highest BCUT2D eigenvalue weighted by molar-refractivity contribution is 5.96. The SMILES string of the molecule is CCCCC(=O)c1cc2c(c(C(C)(C)C)c1)OCC2. The molecule has 0 aromatic heterocycles. The van der Waals surface area contributed by atoms with Crippen molar-refractivity contribution in [2.75, 3.05) is 6.61 Å². The molecule has 0 unspecified atom stereocenters. The van der Waals surface area contributed by atoms with E-state index in [1.807, 2.05) is 12.1 Å². The molecule has 0 atom stereocenters. The van der Waals surface area contributed by atoms with Crippen LogP contribution in [0.25, 0.3) is 0 Å². The maximum atomic E-state index is 12.2. The third-order valence-electron chi connectivity index (χ3n) is 3.67. The number of carbonyl (C=O) groups is 1. The van der Waals surface area contributed by atoms with E-state index in [9.17, 15) is 4.79 Å². The second-order valence-corrected chi connectivity index (χ2v) is 6.39. The monoisotopic (exact) mass is 260 g/mol. The number of carbonyl (C=O) groups excluding carboxylic acids is 1. The summed E-state index contributed by atoms with van der Waals surface area (Å²) >= 11 is 0. The average Bonchev–Trinajstić information content (AvgIpc) is 2.81. The number of benzene rings is 1. The molecule has 1 aliphatic heterocycles. The Kier molecular flexibility index (Phi) is 3.98. The number of ether oxygens (including phenoxy) is 1. The first-order chi connectivity index (χ1) is 8.93. The van der Waals surface area contributed by atoms with Crippen molar-refractivity contribution < 1.29 is 9.53 Å². The summed E-state index contributed by atoms with van der Waals surface area (Å²) in [6, 6.07) is 4.08. The summed E-state index contributed by atoms with van der Waals surface area (Å²) in [5.41, 5.74) is 3.24. The Hall–Kier alpha value is -1.31. The predicted molar refractivity (Wildman–Crippen MR) is 78.2 cm³/mol. The van der Waals surface area contributed by atoms with Crippen molar-refractivity contribution in [1.82, 2.24) is 0 Å². The molecule has 1 aromatic rings. The van der Waals surface area contributed by atoms with Crippen LogP contribution in [0.15, 0.2) is 12.1 Å². The van der Waals surface area contributed by atoms with Gasteiger partial charge in [-0.1, -0.05) is 34.1 Å². The first kappa shape index (κ1) is 14.1. The van der Waals surface area contributed by atoms with Crippen LogP contribution in [0.3, 0.4) is 0 Å². The zero-order chi connectivity index (χ0) is 14.0. The number of ketones is 1. The molecule has 1 aliphatic rings. The van der Waals surface area contributed by atoms with Crippen LogP contribution >= 0.6 is 0 Å². The van der Waals surface area contributed by atoms with Gasteiger partial charge in [0.25, 0.3) is 0 Å². The molecule has 0 radical (unpaired) electrons. The Bertz CT molecular complexity index is 481. The van der Waals surface area contributed by atoms with Crippen LogP contribution in [0.5, 0.6) is 5.75 Å². The summed E-state index contributed by atoms with van der Waals surface area (Å²) in [5.74, 6) is 1.28. The average molecular weight is 260 g/mol. The molecule has 0 bridgehead atoms. The van der Waals surface area contributed by atoms with Crippen LogP contribution < -0.4 is 4.74 Å². The van der Waals surface area contributed by atoms with Crippen LogP contribution in [0, 0.1) is 0 Å². The molecular weight excluding hydrogens is 236 g/mol. The van der Waals surface area contributed by atoms with Crippen LogP contribution in [0.4, 0.5) is 0 Å². The normalized spacial score (nSPS) is 14.1. The van der Waals surface area contributed by atoms with E-state index in [0.29, 0.717) is 6.42 Å². The third kappa shape index (κ3) is 2.99. The van der Waals surface area contributed by atoms with Crippen molar-refractivity contribution in [3.63, 3.8) is 0 Å². The van der Waals surface area contributed by atoms with E-state index in [2.05, 4.69) is 27.7 Å². The van der Waals surface area contributed by atoms with E-state index in [-0.39, 0.29) is 11.2 Å². The van der Waals surface area contributed by atoms with Crippen molar-refractivity contribution >= 4 is 5.78 Å². The second-order valence-electron chi connectivity index (χ2n) is 6.39. The zero-order valence-corrected chi connectivity index (χ0v) is 12.5. The van der Waals surface area contributed by atoms with E-state index in [0.717, 1.165) is 37.2 Å². The van der Waals surface area contributed by atoms with E-state index in [1.54, 1.807) is 0 Å². The fourth-order valence-electron chi connectivity index (χ4n) is 2.51. The minimum absolute atomic E-state index is 0.00939. The summed E-state index contributed by atoms with van der Waals surface area (Å²) in [6.07, 6.45) is 3.61. The summed E-state index contributed by atoms with van der Waals surface area (Å²) in [6.45, 7) is 9.37. The van der Waals surface area contributed by atoms with Crippen molar-refractivity contribution in [2.45, 2.75) is 58.8 Å². The Morgan fingerprint density at radius 1 is 1.32 bits per heavy atom. The van der Waals surface area contributed by atoms with Gasteiger partial charge >= 0.3 is 0 Å². The minimum Gasteiger partial charge on any atom is -0.493 e. The predicted octanol–water partition coefficient (Wildman–Crippen LogP) is 4.29. The Morgan fingerprint density at radius 2 is 2.05 bits per heavy atom. The van der Waals surface area contributed by atoms with Crippen molar-refractivity contribution in [3.8, 4) is 5.75 Å². The highest BCUT2D eigenvalue weighted by atomic mass is 16.5. The van der Waals surface area contributed by atoms with Crippen LogP contribution in [0.2, 0.25) is 0 Å². The maximum Gasteiger partial charge on any atom is 0.162 e. The molecular formula is C17H24O2. The largest absolute Gasteiger partial charge is 0.493 e. The molecule has 0 N–H and O–H groups in total. The first-order valence-electron chi connectivity index (χ1n) is 7.27. The van der Waals surface area contributed by atoms with Crippen LogP contribution in [-0.4, -0.2) is 12.4 Å². The molecule has 104 valence electrons. The summed E-state index contributed by atoms with van der Waals surface area (Å²) in [5, 5.41) is 0. The van der Waals surface area contributed by atoms with Crippen molar-refractivity contribution in [1.29, 1.82) is 0 Å². The highest BCUT2D eigenvalue weighted by Crippen LogP contribution is 2.38. The summed E-state index contributed by atoms with van der Waals surface area (Å²) in [7, 11) is 0. The molecule has 0 aliphatic carbocycles. The van der Waals surface area contributed by atoms with E-state index in [4.69, 9.17) is 4.74 Å². The van der Waals surface area contributed by atoms with E-state index in [1.165, 1.54) is 11.1 Å². The number of hydrogen-bond acceptors (Lipinski definition) is 2. The van der Waals surface area contributed by atoms with Crippen molar-refractivity contribution in [3.05, 3.63) is 28.8 Å². The van der Waals surface area contributed by atoms with Gasteiger partial charge in [-0.05, 0) is 29.5 Å². The smallest absolute Gasteiger partial charge is 0.162 e. The summed E-state index contributed by atoms with van der Waals surface area (Å²) < 4.78 is 5.76. The fraction of sp³-hybridized carbons (Fsp3) is 0.588. The molecule has 19 heavy (non-hydrogen) atoms. The number of fused-ring (bicyclic) bond motifs is 1. The standard InChI is InChI=1S/C17H24O2/c1-5-6-7-15(18)13-10-12-8-9-19-16(12)14(11-13)17(2,3)4/h10-11H,5-9H2,1-4H3. The number of rotatable bonds is 4. The van der Waals surface area contributed by atoms with Gasteiger partial charge in [0, 0.05) is 24.0 Å². The van der Waals surface area contributed by atoms with Gasteiger partial charge in [-0.3, -0.25) is 4.79 Å². The molecule has 0 spiro atoms. The third-order valence-corrected chi connectivity index (χ3v) is 3.67. The van der Waals surface area contributed by atoms with Gasteiger partial charge in [-0.2, -0.15) is 0 Å². The topological polar surface area (TPSA) is 26.3 Å². The van der Waals surface area contributed by atoms with Gasteiger partial charge < -0.3 is 4.74 Å². The highest BCUT2D eigenvalue weighted by Gasteiger charge is 2.26. The minimum atomic E-state index is 0.00939. The molecule has 0 amide bonds. The van der Waals surface area contributed by atoms with Gasteiger partial charge in [0.05, 0.1) is 6.61 Å². The lowest BCUT2D eigenvalue weighted by atomic mass is 9.83. The Morgan fingerprint density at radius 3 is 2.68 bits per heavy atom. The molecule has 1 aromatic carbocycles. The first-order valence-corrected chi connectivity index (χ1v) is 7.27. The van der Waals surface area contributed by atoms with E-state index >= 15 is 0 Å². The quantitative estimate of drug-likeness (QED) is 0.755. The van der Waals surface area contributed by atoms with Gasteiger partial charge in [0.15, 0.2) is 5.78 Å². The fourth-order valence-corrected chi connectivity index (χ4v) is 2.51. The number of Topliss-reactive ketones (excluding diaryl/α,β-unsaturated/α-hetero) is 1. The number of hydrogen-bond donors (Lipinski definition) is 0. The lowest BCUT2D eigenvalue weighted by Gasteiger charge is -2.22. The Balaban J connectivity index is 2.39. The molecule has 0 saturated carbocycles. The van der Waals surface area contributed by atoms with Crippen LogP contribution in [0.1, 0.15) is 68.4 Å². The second kappa shape index (κ2) is 5.36. The zero-order valence-electron chi connectivity index (χ0n) is 12.5. The lowest BCUT2D eigenvalue weighted by molar-refractivity contribution is 0.0979. The van der Waals surface area contributed by atoms with Gasteiger partial charge in [0.2, 0.25) is 0 Å². The molecule has 2 rings (SSSR count). The molecule has 0 fully saturated rings. The molecule has 0 saturated heterocycles. The van der Waals surface area contributed by atoms with Gasteiger partial charge in [-0.25, -0.2) is 0 Å². The Labute approximate surface area is 116 Å². The number of unbranched alkanes of at least 4 members (excludes halogenated alkanes) is 1. The van der Waals surface area contributed by atoms with E-state index < -0.39 is 0 Å². The maximum absolute atomic E-state index is 12.2. The summed E-state index contributed by atoms with van der Waals surface area (Å²) in [4.78, 5) is 12.2. The van der Waals surface area contributed by atoms with Crippen molar-refractivity contribution in [2.24, 2.45) is 0 Å².